The molecule has 0 saturated carbocycles. The smallest absolute Gasteiger partial charge is 0.0992 e. The van der Waals surface area contributed by atoms with Crippen molar-refractivity contribution in [1.82, 2.24) is 0 Å². The number of nitrogens with zero attached hydrogens (tertiary/aromatic N) is 1. The van der Waals surface area contributed by atoms with Gasteiger partial charge in [-0.15, -0.1) is 11.8 Å². The van der Waals surface area contributed by atoms with Gasteiger partial charge in [0.25, 0.3) is 0 Å². The van der Waals surface area contributed by atoms with Crippen molar-refractivity contribution in [2.75, 3.05) is 0 Å². The average molecular weight is 303 g/mol. The molecule has 0 amide bonds. The van der Waals surface area contributed by atoms with Crippen LogP contribution in [0.1, 0.15) is 29.7 Å². The van der Waals surface area contributed by atoms with Gasteiger partial charge >= 0.3 is 0 Å². The van der Waals surface area contributed by atoms with Crippen LogP contribution in [0.25, 0.3) is 0 Å². The van der Waals surface area contributed by atoms with Gasteiger partial charge in [0.05, 0.1) is 11.6 Å². The molecule has 0 saturated heterocycles. The molecule has 2 rings (SSSR count). The first-order valence-corrected chi connectivity index (χ1v) is 7.63. The van der Waals surface area contributed by atoms with Crippen LogP contribution in [0.5, 0.6) is 0 Å². The fourth-order valence-electron chi connectivity index (χ4n) is 1.76. The number of rotatable bonds is 4. The van der Waals surface area contributed by atoms with E-state index in [1.54, 1.807) is 23.9 Å². The first kappa shape index (κ1) is 14.9. The highest BCUT2D eigenvalue weighted by molar-refractivity contribution is 7.98. The molecule has 0 aliphatic heterocycles. The van der Waals surface area contributed by atoms with Crippen LogP contribution in [-0.4, -0.2) is 0 Å². The average Bonchev–Trinajstić information content (AvgIpc) is 2.46. The molecule has 0 aliphatic carbocycles. The molecular weight excluding hydrogens is 288 g/mol. The van der Waals surface area contributed by atoms with Crippen molar-refractivity contribution < 1.29 is 0 Å². The van der Waals surface area contributed by atoms with Crippen molar-refractivity contribution in [3.63, 3.8) is 0 Å². The van der Waals surface area contributed by atoms with Crippen LogP contribution >= 0.6 is 23.4 Å². The molecule has 1 unspecified atom stereocenters. The molecule has 0 heterocycles. The van der Waals surface area contributed by atoms with E-state index < -0.39 is 0 Å². The third-order valence-corrected chi connectivity index (χ3v) is 4.40. The summed E-state index contributed by atoms with van der Waals surface area (Å²) in [5.74, 6) is 0.780. The maximum Gasteiger partial charge on any atom is 0.0992 e. The largest absolute Gasteiger partial charge is 0.324 e. The number of thioether (sulfide) groups is 1. The standard InChI is InChI=1S/C16H15ClN2S/c1-11(19)13-4-6-15(7-5-13)20-10-14-3-2-12(9-18)8-16(14)17/h2-8,11H,10,19H2,1H3. The Morgan fingerprint density at radius 2 is 1.95 bits per heavy atom. The molecule has 1 atom stereocenters. The summed E-state index contributed by atoms with van der Waals surface area (Å²) < 4.78 is 0. The molecule has 20 heavy (non-hydrogen) atoms. The van der Waals surface area contributed by atoms with Gasteiger partial charge < -0.3 is 5.73 Å². The highest BCUT2D eigenvalue weighted by Crippen LogP contribution is 2.28. The second kappa shape index (κ2) is 6.81. The molecule has 0 fully saturated rings. The van der Waals surface area contributed by atoms with Crippen LogP contribution in [0.15, 0.2) is 47.4 Å². The number of hydrogen-bond donors (Lipinski definition) is 1. The van der Waals surface area contributed by atoms with Gasteiger partial charge in [-0.2, -0.15) is 5.26 Å². The molecule has 0 bridgehead atoms. The van der Waals surface area contributed by atoms with Crippen LogP contribution in [0.2, 0.25) is 5.02 Å². The summed E-state index contributed by atoms with van der Waals surface area (Å²) in [5, 5.41) is 9.45. The van der Waals surface area contributed by atoms with Crippen molar-refractivity contribution in [2.24, 2.45) is 5.73 Å². The van der Waals surface area contributed by atoms with Crippen molar-refractivity contribution >= 4 is 23.4 Å². The van der Waals surface area contributed by atoms with Gasteiger partial charge in [0, 0.05) is 21.7 Å². The van der Waals surface area contributed by atoms with Gasteiger partial charge in [0.1, 0.15) is 0 Å². The van der Waals surface area contributed by atoms with Gasteiger partial charge in [-0.1, -0.05) is 29.8 Å². The molecule has 2 N–H and O–H groups in total. The Bertz CT molecular complexity index is 630. The summed E-state index contributed by atoms with van der Waals surface area (Å²) in [6.45, 7) is 1.97. The molecule has 2 aromatic carbocycles. The predicted octanol–water partition coefficient (Wildman–Crippen LogP) is 4.52. The molecule has 0 radical (unpaired) electrons. The summed E-state index contributed by atoms with van der Waals surface area (Å²) in [6.07, 6.45) is 0. The minimum Gasteiger partial charge on any atom is -0.324 e. The second-order valence-electron chi connectivity index (χ2n) is 4.56. The van der Waals surface area contributed by atoms with E-state index in [9.17, 15) is 0 Å². The second-order valence-corrected chi connectivity index (χ2v) is 6.02. The van der Waals surface area contributed by atoms with Crippen LogP contribution < -0.4 is 5.73 Å². The van der Waals surface area contributed by atoms with Crippen LogP contribution in [0.4, 0.5) is 0 Å². The first-order valence-electron chi connectivity index (χ1n) is 6.27. The fraction of sp³-hybridized carbons (Fsp3) is 0.188. The summed E-state index contributed by atoms with van der Waals surface area (Å²) in [7, 11) is 0. The SMILES string of the molecule is CC(N)c1ccc(SCc2ccc(C#N)cc2Cl)cc1. The summed E-state index contributed by atoms with van der Waals surface area (Å²) in [4.78, 5) is 1.18. The van der Waals surface area contributed by atoms with E-state index in [0.717, 1.165) is 16.9 Å². The normalized spacial score (nSPS) is 11.9. The number of benzene rings is 2. The Labute approximate surface area is 128 Å². The molecule has 0 aliphatic rings. The first-order chi connectivity index (χ1) is 9.60. The molecule has 2 aromatic rings. The molecule has 0 aromatic heterocycles. The Morgan fingerprint density at radius 3 is 2.50 bits per heavy atom. The van der Waals surface area contributed by atoms with Gasteiger partial charge in [-0.3, -0.25) is 0 Å². The zero-order valence-corrected chi connectivity index (χ0v) is 12.7. The summed E-state index contributed by atoms with van der Waals surface area (Å²) >= 11 is 7.87. The van der Waals surface area contributed by atoms with E-state index in [4.69, 9.17) is 22.6 Å². The Morgan fingerprint density at radius 1 is 1.25 bits per heavy atom. The minimum absolute atomic E-state index is 0.0574. The van der Waals surface area contributed by atoms with Crippen molar-refractivity contribution in [1.29, 1.82) is 5.26 Å². The molecule has 4 heteroatoms. The van der Waals surface area contributed by atoms with E-state index in [0.29, 0.717) is 10.6 Å². The third-order valence-electron chi connectivity index (χ3n) is 2.98. The van der Waals surface area contributed by atoms with Gasteiger partial charge in [-0.05, 0) is 42.3 Å². The lowest BCUT2D eigenvalue weighted by Crippen LogP contribution is -2.04. The molecule has 0 spiro atoms. The zero-order chi connectivity index (χ0) is 14.5. The summed E-state index contributed by atoms with van der Waals surface area (Å²) in [6, 6.07) is 15.8. The van der Waals surface area contributed by atoms with Crippen molar-refractivity contribution in [2.45, 2.75) is 23.6 Å². The highest BCUT2D eigenvalue weighted by Gasteiger charge is 2.04. The Hall–Kier alpha value is -1.47. The molecule has 2 nitrogen and oxygen atoms in total. The van der Waals surface area contributed by atoms with E-state index in [1.807, 2.05) is 25.1 Å². The fourth-order valence-corrected chi connectivity index (χ4v) is 2.99. The lowest BCUT2D eigenvalue weighted by atomic mass is 10.1. The molecule has 102 valence electrons. The van der Waals surface area contributed by atoms with Gasteiger partial charge in [0.15, 0.2) is 0 Å². The van der Waals surface area contributed by atoms with E-state index >= 15 is 0 Å². The lowest BCUT2D eigenvalue weighted by molar-refractivity contribution is 0.817. The maximum absolute atomic E-state index is 8.81. The minimum atomic E-state index is 0.0574. The zero-order valence-electron chi connectivity index (χ0n) is 11.1. The number of halogens is 1. The quantitative estimate of drug-likeness (QED) is 0.845. The van der Waals surface area contributed by atoms with Gasteiger partial charge in [-0.25, -0.2) is 0 Å². The summed E-state index contributed by atoms with van der Waals surface area (Å²) in [5.41, 5.74) is 8.58. The van der Waals surface area contributed by atoms with E-state index in [1.165, 1.54) is 4.90 Å². The predicted molar refractivity (Wildman–Crippen MR) is 84.8 cm³/mol. The van der Waals surface area contributed by atoms with Crippen molar-refractivity contribution in [3.8, 4) is 6.07 Å². The molecular formula is C16H15ClN2S. The van der Waals surface area contributed by atoms with Crippen LogP contribution in [-0.2, 0) is 5.75 Å². The van der Waals surface area contributed by atoms with Crippen LogP contribution in [0.3, 0.4) is 0 Å². The Kier molecular flexibility index (Phi) is 5.08. The Balaban J connectivity index is 2.03. The number of nitriles is 1. The van der Waals surface area contributed by atoms with Crippen LogP contribution in [0, 0.1) is 11.3 Å². The maximum atomic E-state index is 8.81. The number of hydrogen-bond acceptors (Lipinski definition) is 3. The topological polar surface area (TPSA) is 49.8 Å². The number of nitrogens with two attached hydrogens (primary N) is 1. The highest BCUT2D eigenvalue weighted by atomic mass is 35.5. The van der Waals surface area contributed by atoms with Gasteiger partial charge in [0.2, 0.25) is 0 Å². The van der Waals surface area contributed by atoms with E-state index in [-0.39, 0.29) is 6.04 Å². The third kappa shape index (κ3) is 3.77. The van der Waals surface area contributed by atoms with E-state index in [2.05, 4.69) is 18.2 Å². The monoisotopic (exact) mass is 302 g/mol. The van der Waals surface area contributed by atoms with Crippen molar-refractivity contribution in [3.05, 3.63) is 64.2 Å². The lowest BCUT2D eigenvalue weighted by Gasteiger charge is -2.08.